The monoisotopic (exact) mass is 310 g/mol. The molecule has 1 aliphatic heterocycles. The highest BCUT2D eigenvalue weighted by atomic mass is 32.2. The average molecular weight is 310 g/mol. The first kappa shape index (κ1) is 16.0. The van der Waals surface area contributed by atoms with Crippen molar-refractivity contribution < 1.29 is 13.2 Å². The number of nitrogens with one attached hydrogen (secondary N) is 1. The molecule has 0 aliphatic carbocycles. The van der Waals surface area contributed by atoms with Crippen molar-refractivity contribution in [3.05, 3.63) is 29.3 Å². The molecule has 1 aromatic rings. The molecule has 0 spiro atoms. The number of hydrogen-bond acceptors (Lipinski definition) is 4. The number of amides is 1. The van der Waals surface area contributed by atoms with Crippen molar-refractivity contribution in [2.45, 2.75) is 37.8 Å². The van der Waals surface area contributed by atoms with E-state index in [0.717, 1.165) is 11.8 Å². The van der Waals surface area contributed by atoms with Gasteiger partial charge in [-0.05, 0) is 38.5 Å². The number of carbonyl (C=O) groups is 1. The standard InChI is InChI=1S/C15H22N2O3S/c1-10-5-6-13(21(4,19)20)7-14(10)15(18)17-8-11(2)16-12(3)9-17/h5-7,11-12,16H,8-9H2,1-4H3/t11-,12+. The van der Waals surface area contributed by atoms with Crippen LogP contribution in [0.25, 0.3) is 0 Å². The number of piperazine rings is 1. The van der Waals surface area contributed by atoms with Gasteiger partial charge in [0.05, 0.1) is 4.90 Å². The molecule has 116 valence electrons. The average Bonchev–Trinajstić information content (AvgIpc) is 2.36. The zero-order chi connectivity index (χ0) is 15.8. The van der Waals surface area contributed by atoms with Gasteiger partial charge in [0.2, 0.25) is 0 Å². The third kappa shape index (κ3) is 3.63. The van der Waals surface area contributed by atoms with E-state index in [1.165, 1.54) is 6.07 Å². The van der Waals surface area contributed by atoms with Gasteiger partial charge in [0, 0.05) is 37.0 Å². The number of nitrogens with zero attached hydrogens (tertiary/aromatic N) is 1. The third-order valence-electron chi connectivity index (χ3n) is 3.71. The van der Waals surface area contributed by atoms with E-state index in [9.17, 15) is 13.2 Å². The molecule has 1 aliphatic rings. The van der Waals surface area contributed by atoms with Crippen LogP contribution in [0.4, 0.5) is 0 Å². The van der Waals surface area contributed by atoms with Gasteiger partial charge in [0.15, 0.2) is 9.84 Å². The number of carbonyl (C=O) groups excluding carboxylic acids is 1. The Bertz CT molecular complexity index is 645. The van der Waals surface area contributed by atoms with Crippen LogP contribution in [0.3, 0.4) is 0 Å². The van der Waals surface area contributed by atoms with E-state index < -0.39 is 9.84 Å². The molecule has 6 heteroatoms. The lowest BCUT2D eigenvalue weighted by Gasteiger charge is -2.36. The van der Waals surface area contributed by atoms with Crippen molar-refractivity contribution in [2.24, 2.45) is 0 Å². The van der Waals surface area contributed by atoms with Crippen LogP contribution >= 0.6 is 0 Å². The van der Waals surface area contributed by atoms with Crippen molar-refractivity contribution in [3.8, 4) is 0 Å². The Morgan fingerprint density at radius 3 is 2.33 bits per heavy atom. The van der Waals surface area contributed by atoms with Gasteiger partial charge in [-0.3, -0.25) is 4.79 Å². The van der Waals surface area contributed by atoms with Crippen LogP contribution in [0.15, 0.2) is 23.1 Å². The van der Waals surface area contributed by atoms with Crippen LogP contribution in [-0.4, -0.2) is 50.7 Å². The summed E-state index contributed by atoms with van der Waals surface area (Å²) in [4.78, 5) is 14.7. The number of sulfone groups is 1. The molecule has 0 unspecified atom stereocenters. The first-order valence-electron chi connectivity index (χ1n) is 7.04. The Morgan fingerprint density at radius 2 is 1.81 bits per heavy atom. The summed E-state index contributed by atoms with van der Waals surface area (Å²) >= 11 is 0. The van der Waals surface area contributed by atoms with Crippen LogP contribution in [0, 0.1) is 6.92 Å². The summed E-state index contributed by atoms with van der Waals surface area (Å²) in [5, 5.41) is 3.38. The number of hydrogen-bond donors (Lipinski definition) is 1. The van der Waals surface area contributed by atoms with E-state index in [0.29, 0.717) is 18.7 Å². The highest BCUT2D eigenvalue weighted by Gasteiger charge is 2.26. The molecular formula is C15H22N2O3S. The second-order valence-electron chi connectivity index (χ2n) is 5.93. The molecule has 2 atom stereocenters. The molecule has 1 aromatic carbocycles. The summed E-state index contributed by atoms with van der Waals surface area (Å²) in [6, 6.07) is 5.19. The quantitative estimate of drug-likeness (QED) is 0.892. The van der Waals surface area contributed by atoms with Crippen LogP contribution in [0.5, 0.6) is 0 Å². The molecule has 1 heterocycles. The van der Waals surface area contributed by atoms with Gasteiger partial charge in [-0.15, -0.1) is 0 Å². The highest BCUT2D eigenvalue weighted by molar-refractivity contribution is 7.90. The Morgan fingerprint density at radius 1 is 1.24 bits per heavy atom. The lowest BCUT2D eigenvalue weighted by Crippen LogP contribution is -2.55. The summed E-state index contributed by atoms with van der Waals surface area (Å²) in [5.41, 5.74) is 1.27. The van der Waals surface area contributed by atoms with Crippen molar-refractivity contribution >= 4 is 15.7 Å². The minimum absolute atomic E-state index is 0.0989. The molecule has 0 aromatic heterocycles. The zero-order valence-corrected chi connectivity index (χ0v) is 13.7. The van der Waals surface area contributed by atoms with E-state index in [1.54, 1.807) is 17.0 Å². The summed E-state index contributed by atoms with van der Waals surface area (Å²) in [7, 11) is -3.31. The fraction of sp³-hybridized carbons (Fsp3) is 0.533. The molecule has 1 amide bonds. The molecule has 1 N–H and O–H groups in total. The molecule has 2 rings (SSSR count). The zero-order valence-electron chi connectivity index (χ0n) is 12.9. The first-order valence-corrected chi connectivity index (χ1v) is 8.93. The maximum absolute atomic E-state index is 12.7. The number of aryl methyl sites for hydroxylation is 1. The molecular weight excluding hydrogens is 288 g/mol. The highest BCUT2D eigenvalue weighted by Crippen LogP contribution is 2.19. The third-order valence-corrected chi connectivity index (χ3v) is 4.82. The SMILES string of the molecule is Cc1ccc(S(C)(=O)=O)cc1C(=O)N1C[C@@H](C)N[C@@H](C)C1. The molecule has 0 radical (unpaired) electrons. The predicted octanol–water partition coefficient (Wildman–Crippen LogP) is 1.22. The Labute approximate surface area is 126 Å². The molecule has 0 bridgehead atoms. The van der Waals surface area contributed by atoms with E-state index in [1.807, 2.05) is 20.8 Å². The smallest absolute Gasteiger partial charge is 0.254 e. The summed E-state index contributed by atoms with van der Waals surface area (Å²) in [6.45, 7) is 7.16. The van der Waals surface area contributed by atoms with Gasteiger partial charge in [-0.1, -0.05) is 6.07 Å². The van der Waals surface area contributed by atoms with Crippen molar-refractivity contribution in [3.63, 3.8) is 0 Å². The minimum atomic E-state index is -3.31. The maximum atomic E-state index is 12.7. The normalized spacial score (nSPS) is 23.1. The second-order valence-corrected chi connectivity index (χ2v) is 7.94. The fourth-order valence-electron chi connectivity index (χ4n) is 2.73. The van der Waals surface area contributed by atoms with Crippen LogP contribution < -0.4 is 5.32 Å². The van der Waals surface area contributed by atoms with E-state index in [4.69, 9.17) is 0 Å². The van der Waals surface area contributed by atoms with Crippen molar-refractivity contribution in [2.75, 3.05) is 19.3 Å². The van der Waals surface area contributed by atoms with E-state index >= 15 is 0 Å². The molecule has 0 saturated carbocycles. The molecule has 1 fully saturated rings. The summed E-state index contributed by atoms with van der Waals surface area (Å²) in [6.07, 6.45) is 1.15. The molecule has 5 nitrogen and oxygen atoms in total. The van der Waals surface area contributed by atoms with Crippen molar-refractivity contribution in [1.29, 1.82) is 0 Å². The molecule has 1 saturated heterocycles. The minimum Gasteiger partial charge on any atom is -0.336 e. The predicted molar refractivity (Wildman–Crippen MR) is 82.3 cm³/mol. The lowest BCUT2D eigenvalue weighted by atomic mass is 10.1. The van der Waals surface area contributed by atoms with Gasteiger partial charge in [0.25, 0.3) is 5.91 Å². The van der Waals surface area contributed by atoms with Gasteiger partial charge < -0.3 is 10.2 Å². The lowest BCUT2D eigenvalue weighted by molar-refractivity contribution is 0.0673. The van der Waals surface area contributed by atoms with Crippen molar-refractivity contribution in [1.82, 2.24) is 10.2 Å². The second kappa shape index (κ2) is 5.77. The Balaban J connectivity index is 2.34. The van der Waals surface area contributed by atoms with Crippen LogP contribution in [0.1, 0.15) is 29.8 Å². The van der Waals surface area contributed by atoms with Crippen LogP contribution in [0.2, 0.25) is 0 Å². The van der Waals surface area contributed by atoms with Crippen LogP contribution in [-0.2, 0) is 9.84 Å². The first-order chi connectivity index (χ1) is 9.68. The fourth-order valence-corrected chi connectivity index (χ4v) is 3.37. The number of benzene rings is 1. The largest absolute Gasteiger partial charge is 0.336 e. The van der Waals surface area contributed by atoms with Gasteiger partial charge in [-0.25, -0.2) is 8.42 Å². The Hall–Kier alpha value is -1.40. The molecule has 21 heavy (non-hydrogen) atoms. The Kier molecular flexibility index (Phi) is 4.39. The van der Waals surface area contributed by atoms with E-state index in [-0.39, 0.29) is 22.9 Å². The van der Waals surface area contributed by atoms with Gasteiger partial charge in [0.1, 0.15) is 0 Å². The summed E-state index contributed by atoms with van der Waals surface area (Å²) < 4.78 is 23.3. The van der Waals surface area contributed by atoms with Gasteiger partial charge >= 0.3 is 0 Å². The van der Waals surface area contributed by atoms with E-state index in [2.05, 4.69) is 5.32 Å². The van der Waals surface area contributed by atoms with Gasteiger partial charge in [-0.2, -0.15) is 0 Å². The topological polar surface area (TPSA) is 66.5 Å². The number of rotatable bonds is 2. The summed E-state index contributed by atoms with van der Waals surface area (Å²) in [5.74, 6) is -0.0989. The maximum Gasteiger partial charge on any atom is 0.254 e.